The van der Waals surface area contributed by atoms with E-state index in [4.69, 9.17) is 37.9 Å². The number of hydrogen-bond acceptors (Lipinski definition) is 17. The summed E-state index contributed by atoms with van der Waals surface area (Å²) in [5.41, 5.74) is 7.11. The van der Waals surface area contributed by atoms with Crippen molar-refractivity contribution in [2.24, 2.45) is 0 Å². The Morgan fingerprint density at radius 2 is 1.00 bits per heavy atom. The molecule has 0 spiro atoms. The highest BCUT2D eigenvalue weighted by Gasteiger charge is 2.57. The van der Waals surface area contributed by atoms with Crippen molar-refractivity contribution in [2.75, 3.05) is 13.2 Å². The number of benzene rings is 4. The Morgan fingerprint density at radius 1 is 0.544 bits per heavy atom. The second-order valence-electron chi connectivity index (χ2n) is 16.2. The number of ether oxygens (including phenoxy) is 8. The van der Waals surface area contributed by atoms with E-state index in [2.05, 4.69) is 10.9 Å². The molecule has 10 atom stereocenters. The number of amides is 4. The van der Waals surface area contributed by atoms with Crippen LogP contribution < -0.4 is 10.9 Å². The topological polar surface area (TPSA) is 224 Å². The monoisotopic (exact) mass is 938 g/mol. The van der Waals surface area contributed by atoms with Crippen LogP contribution in [0.5, 0.6) is 0 Å². The summed E-state index contributed by atoms with van der Waals surface area (Å²) in [5, 5.41) is 1.32. The molecule has 4 aliphatic rings. The number of rotatable bonds is 17. The molecule has 0 aliphatic carbocycles. The zero-order valence-corrected chi connectivity index (χ0v) is 36.9. The third-order valence-corrected chi connectivity index (χ3v) is 11.4. The van der Waals surface area contributed by atoms with Gasteiger partial charge >= 0.3 is 17.9 Å². The number of hydrazine groups is 2. The van der Waals surface area contributed by atoms with Crippen LogP contribution in [-0.4, -0.2) is 126 Å². The minimum absolute atomic E-state index is 0.0313. The first-order valence-electron chi connectivity index (χ1n) is 21.6. The van der Waals surface area contributed by atoms with Crippen molar-refractivity contribution in [3.63, 3.8) is 0 Å². The third kappa shape index (κ3) is 10.4. The molecular weight excluding hydrogens is 892 g/mol. The van der Waals surface area contributed by atoms with Gasteiger partial charge in [0.15, 0.2) is 18.5 Å². The van der Waals surface area contributed by atoms with Gasteiger partial charge in [-0.15, -0.1) is 0 Å². The van der Waals surface area contributed by atoms with Crippen molar-refractivity contribution in [3.8, 4) is 0 Å². The lowest BCUT2D eigenvalue weighted by Crippen LogP contribution is -2.71. The predicted molar refractivity (Wildman–Crippen MR) is 230 cm³/mol. The molecule has 2 N–H and O–H groups in total. The van der Waals surface area contributed by atoms with E-state index in [9.17, 15) is 33.6 Å². The summed E-state index contributed by atoms with van der Waals surface area (Å²) in [6, 6.07) is 26.5. The molecule has 0 bridgehead atoms. The molecule has 19 nitrogen and oxygen atoms in total. The summed E-state index contributed by atoms with van der Waals surface area (Å²) < 4.78 is 65.8. The van der Waals surface area contributed by atoms with Crippen LogP contribution in [0.4, 0.5) is 4.39 Å². The first-order chi connectivity index (χ1) is 32.8. The predicted octanol–water partition coefficient (Wildman–Crippen LogP) is 3.36. The highest BCUT2D eigenvalue weighted by atomic mass is 19.1. The number of fused-ring (bicyclic) bond motifs is 2. The summed E-state index contributed by atoms with van der Waals surface area (Å²) in [4.78, 5) is 93.1. The number of nitrogens with one attached hydrogen (secondary N) is 2. The van der Waals surface area contributed by atoms with E-state index in [0.29, 0.717) is 15.6 Å². The highest BCUT2D eigenvalue weighted by Crippen LogP contribution is 2.36. The van der Waals surface area contributed by atoms with Crippen LogP contribution in [0.2, 0.25) is 0 Å². The number of carbonyl (C=O) groups excluding carboxylic acids is 7. The molecule has 0 saturated carbocycles. The molecule has 68 heavy (non-hydrogen) atoms. The number of halogens is 1. The van der Waals surface area contributed by atoms with Crippen molar-refractivity contribution in [1.82, 2.24) is 20.9 Å². The van der Waals surface area contributed by atoms with Crippen LogP contribution in [0, 0.1) is 0 Å². The van der Waals surface area contributed by atoms with Crippen LogP contribution in [0.25, 0.3) is 0 Å². The van der Waals surface area contributed by atoms with Crippen LogP contribution in [-0.2, 0) is 65.5 Å². The Hall–Kier alpha value is -6.78. The largest absolute Gasteiger partial charge is 0.463 e. The zero-order chi connectivity index (χ0) is 48.1. The van der Waals surface area contributed by atoms with Crippen molar-refractivity contribution in [1.29, 1.82) is 0 Å². The van der Waals surface area contributed by atoms with Gasteiger partial charge in [0.1, 0.15) is 43.1 Å². The molecule has 2 fully saturated rings. The lowest BCUT2D eigenvalue weighted by Gasteiger charge is -2.49. The van der Waals surface area contributed by atoms with Crippen LogP contribution in [0.15, 0.2) is 109 Å². The van der Waals surface area contributed by atoms with E-state index >= 15 is 4.39 Å². The fraction of sp³-hybridized carbons (Fsp3) is 0.354. The van der Waals surface area contributed by atoms with Gasteiger partial charge in [-0.05, 0) is 35.4 Å². The van der Waals surface area contributed by atoms with Crippen LogP contribution >= 0.6 is 0 Å². The van der Waals surface area contributed by atoms with Gasteiger partial charge in [0, 0.05) is 20.8 Å². The quantitative estimate of drug-likeness (QED) is 0.0880. The standard InChI is InChI=1S/C48H47FN4O15/c1-26(54)62-25-36-40(64-27(2)55)42(65-28(3)56)38(51-53-46(59)33-20-12-13-21-34(33)47(53)60)48(67-36)68-39-35(24-61-22-29-14-6-4-7-15-29)66-43(49)37(41(39)63-23-30-16-8-5-9-17-30)50-52-44(57)31-18-10-11-19-32(31)45(52)58/h4-21,35-43,48,50-51H,22-25H2,1-3H3/t35-,36-,37-,38-,39-,40-,41-,42-,43-,48+/m1/s1. The second kappa shape index (κ2) is 21.0. The van der Waals surface area contributed by atoms with Crippen LogP contribution in [0.1, 0.15) is 73.3 Å². The van der Waals surface area contributed by atoms with Gasteiger partial charge in [-0.25, -0.2) is 25.3 Å². The Labute approximate surface area is 388 Å². The van der Waals surface area contributed by atoms with E-state index in [1.54, 1.807) is 66.7 Å². The first-order valence-corrected chi connectivity index (χ1v) is 21.6. The lowest BCUT2D eigenvalue weighted by atomic mass is 9.94. The van der Waals surface area contributed by atoms with E-state index < -0.39 is 109 Å². The van der Waals surface area contributed by atoms with Crippen LogP contribution in [0.3, 0.4) is 0 Å². The number of carbonyl (C=O) groups is 7. The number of alkyl halides is 1. The van der Waals surface area contributed by atoms with E-state index in [1.807, 2.05) is 18.2 Å². The maximum absolute atomic E-state index is 17.0. The van der Waals surface area contributed by atoms with Crippen molar-refractivity contribution < 1.29 is 75.8 Å². The summed E-state index contributed by atoms with van der Waals surface area (Å²) in [6.45, 7) is 2.15. The molecule has 8 rings (SSSR count). The molecule has 4 heterocycles. The van der Waals surface area contributed by atoms with E-state index in [0.717, 1.165) is 26.3 Å². The van der Waals surface area contributed by atoms with Crippen molar-refractivity contribution >= 4 is 41.5 Å². The average Bonchev–Trinajstić information content (AvgIpc) is 3.71. The molecule has 0 unspecified atom stereocenters. The molecule has 356 valence electrons. The number of hydrogen-bond donors (Lipinski definition) is 2. The van der Waals surface area contributed by atoms with Gasteiger partial charge in [-0.2, -0.15) is 0 Å². The van der Waals surface area contributed by atoms with Gasteiger partial charge < -0.3 is 37.9 Å². The van der Waals surface area contributed by atoms with Crippen molar-refractivity contribution in [2.45, 2.75) is 95.3 Å². The molecule has 0 radical (unpaired) electrons. The van der Waals surface area contributed by atoms with Crippen molar-refractivity contribution in [3.05, 3.63) is 143 Å². The van der Waals surface area contributed by atoms with Gasteiger partial charge in [0.2, 0.25) is 6.36 Å². The summed E-state index contributed by atoms with van der Waals surface area (Å²) in [7, 11) is 0. The smallest absolute Gasteiger partial charge is 0.303 e. The zero-order valence-electron chi connectivity index (χ0n) is 36.9. The Morgan fingerprint density at radius 3 is 1.50 bits per heavy atom. The Balaban J connectivity index is 1.22. The number of nitrogens with zero attached hydrogens (tertiary/aromatic N) is 2. The molecular formula is C48H47FN4O15. The fourth-order valence-corrected chi connectivity index (χ4v) is 8.38. The summed E-state index contributed by atoms with van der Waals surface area (Å²) in [5.74, 6) is -5.70. The summed E-state index contributed by atoms with van der Waals surface area (Å²) >= 11 is 0. The molecule has 4 aliphatic heterocycles. The molecule has 2 saturated heterocycles. The Kier molecular flexibility index (Phi) is 14.8. The summed E-state index contributed by atoms with van der Waals surface area (Å²) in [6.07, 6.45) is -13.3. The highest BCUT2D eigenvalue weighted by molar-refractivity contribution is 6.21. The molecule has 4 amide bonds. The lowest BCUT2D eigenvalue weighted by molar-refractivity contribution is -0.332. The SMILES string of the molecule is CC(=O)OC[C@H]1O[C@@H](O[C@H]2[C@H](OCc3ccccc3)[C@@H](NN3C(=O)c4ccccc4C3=O)[C@H](F)O[C@@H]2COCc2ccccc2)[C@H](NN2C(=O)c3ccccc3C2=O)[C@@H](OC(C)=O)[C@@H]1OC(C)=O. The maximum atomic E-state index is 17.0. The third-order valence-electron chi connectivity index (χ3n) is 11.4. The van der Waals surface area contributed by atoms with Gasteiger partial charge in [0.25, 0.3) is 23.6 Å². The second-order valence-corrected chi connectivity index (χ2v) is 16.2. The average molecular weight is 939 g/mol. The minimum Gasteiger partial charge on any atom is -0.463 e. The van der Waals surface area contributed by atoms with Gasteiger partial charge in [0.05, 0.1) is 42.1 Å². The molecule has 0 aromatic heterocycles. The van der Waals surface area contributed by atoms with E-state index in [-0.39, 0.29) is 42.1 Å². The maximum Gasteiger partial charge on any atom is 0.303 e. The first kappa shape index (κ1) is 47.7. The minimum atomic E-state index is -2.32. The normalized spacial score (nSPS) is 26.6. The van der Waals surface area contributed by atoms with Gasteiger partial charge in [-0.1, -0.05) is 84.9 Å². The molecule has 20 heteroatoms. The Bertz CT molecular complexity index is 2460. The van der Waals surface area contributed by atoms with Gasteiger partial charge in [-0.3, -0.25) is 33.6 Å². The van der Waals surface area contributed by atoms with E-state index in [1.165, 1.54) is 24.3 Å². The fourth-order valence-electron chi connectivity index (χ4n) is 8.38. The number of imide groups is 2. The number of esters is 3. The molecule has 4 aromatic carbocycles. The molecule has 4 aromatic rings.